The number of nitrogens with zero attached hydrogens (tertiary/aromatic N) is 2. The van der Waals surface area contributed by atoms with E-state index in [0.29, 0.717) is 32.0 Å². The molecule has 6 nitrogen and oxygen atoms in total. The molecule has 1 aliphatic rings. The van der Waals surface area contributed by atoms with Crippen LogP contribution < -0.4 is 15.0 Å². The van der Waals surface area contributed by atoms with Crippen LogP contribution >= 0.6 is 0 Å². The molecule has 156 valence electrons. The first-order chi connectivity index (χ1) is 14.7. The zero-order chi connectivity index (χ0) is 20.9. The van der Waals surface area contributed by atoms with Crippen LogP contribution in [0.15, 0.2) is 53.3 Å². The van der Waals surface area contributed by atoms with Gasteiger partial charge in [0.2, 0.25) is 0 Å². The molecule has 1 N–H and O–H groups in total. The van der Waals surface area contributed by atoms with Gasteiger partial charge in [-0.25, -0.2) is 4.98 Å². The lowest BCUT2D eigenvalue weighted by Crippen LogP contribution is -2.35. The lowest BCUT2D eigenvalue weighted by Gasteiger charge is -2.28. The Hall–Kier alpha value is -3.12. The van der Waals surface area contributed by atoms with E-state index in [4.69, 9.17) is 14.5 Å². The van der Waals surface area contributed by atoms with Crippen molar-refractivity contribution in [3.63, 3.8) is 0 Å². The highest BCUT2D eigenvalue weighted by Gasteiger charge is 2.22. The maximum Gasteiger partial charge on any atom is 0.254 e. The van der Waals surface area contributed by atoms with Gasteiger partial charge in [-0.2, -0.15) is 0 Å². The number of rotatable bonds is 7. The molecule has 0 aliphatic carbocycles. The van der Waals surface area contributed by atoms with Gasteiger partial charge in [-0.05, 0) is 26.3 Å². The molecule has 0 amide bonds. The van der Waals surface area contributed by atoms with Gasteiger partial charge in [0.1, 0.15) is 17.3 Å². The second-order valence-electron chi connectivity index (χ2n) is 7.30. The van der Waals surface area contributed by atoms with Gasteiger partial charge in [-0.15, -0.1) is 0 Å². The molecule has 0 bridgehead atoms. The molecule has 0 saturated heterocycles. The van der Waals surface area contributed by atoms with Crippen LogP contribution in [0.1, 0.15) is 30.7 Å². The van der Waals surface area contributed by atoms with Crippen molar-refractivity contribution < 1.29 is 9.47 Å². The van der Waals surface area contributed by atoms with Gasteiger partial charge >= 0.3 is 0 Å². The van der Waals surface area contributed by atoms with Gasteiger partial charge in [-0.3, -0.25) is 9.69 Å². The minimum atomic E-state index is -0.0328. The van der Waals surface area contributed by atoms with Crippen molar-refractivity contribution in [2.45, 2.75) is 33.4 Å². The molecule has 2 aromatic carbocycles. The molecular weight excluding hydrogens is 378 g/mol. The van der Waals surface area contributed by atoms with E-state index in [0.717, 1.165) is 47.0 Å². The summed E-state index contributed by atoms with van der Waals surface area (Å²) in [6, 6.07) is 15.8. The molecule has 0 fully saturated rings. The van der Waals surface area contributed by atoms with Crippen LogP contribution in [0.3, 0.4) is 0 Å². The number of H-pyrrole nitrogens is 1. The normalized spacial score (nSPS) is 13.7. The average Bonchev–Trinajstić information content (AvgIpc) is 2.76. The first-order valence-corrected chi connectivity index (χ1v) is 10.5. The van der Waals surface area contributed by atoms with Crippen LogP contribution in [0, 0.1) is 0 Å². The van der Waals surface area contributed by atoms with E-state index in [9.17, 15) is 4.79 Å². The zero-order valence-electron chi connectivity index (χ0n) is 17.5. The lowest BCUT2D eigenvalue weighted by atomic mass is 10.0. The van der Waals surface area contributed by atoms with Crippen molar-refractivity contribution in [1.29, 1.82) is 0 Å². The summed E-state index contributed by atoms with van der Waals surface area (Å²) in [6.45, 7) is 7.35. The summed E-state index contributed by atoms with van der Waals surface area (Å²) in [6.07, 6.45) is 0.688. The monoisotopic (exact) mass is 405 g/mol. The van der Waals surface area contributed by atoms with Crippen molar-refractivity contribution in [2.24, 2.45) is 0 Å². The van der Waals surface area contributed by atoms with Gasteiger partial charge in [0.25, 0.3) is 5.56 Å². The number of ether oxygens (including phenoxy) is 2. The van der Waals surface area contributed by atoms with E-state index in [-0.39, 0.29) is 5.56 Å². The van der Waals surface area contributed by atoms with Crippen LogP contribution in [0.4, 0.5) is 0 Å². The molecule has 0 atom stereocenters. The minimum absolute atomic E-state index is 0.0328. The van der Waals surface area contributed by atoms with E-state index in [1.807, 2.05) is 56.3 Å². The number of hydrogen-bond donors (Lipinski definition) is 1. The van der Waals surface area contributed by atoms with Gasteiger partial charge in [-0.1, -0.05) is 36.4 Å². The summed E-state index contributed by atoms with van der Waals surface area (Å²) < 4.78 is 11.5. The lowest BCUT2D eigenvalue weighted by molar-refractivity contribution is 0.234. The molecular formula is C24H27N3O3. The Kier molecular flexibility index (Phi) is 6.14. The molecule has 1 aliphatic heterocycles. The average molecular weight is 405 g/mol. The van der Waals surface area contributed by atoms with Gasteiger partial charge in [0.15, 0.2) is 0 Å². The van der Waals surface area contributed by atoms with Crippen molar-refractivity contribution >= 4 is 0 Å². The molecule has 0 radical (unpaired) electrons. The predicted molar refractivity (Wildman–Crippen MR) is 117 cm³/mol. The first kappa shape index (κ1) is 20.2. The minimum Gasteiger partial charge on any atom is -0.494 e. The Morgan fingerprint density at radius 1 is 1.07 bits per heavy atom. The van der Waals surface area contributed by atoms with E-state index in [2.05, 4.69) is 16.0 Å². The van der Waals surface area contributed by atoms with Crippen molar-refractivity contribution in [2.75, 3.05) is 19.8 Å². The predicted octanol–water partition coefficient (Wildman–Crippen LogP) is 3.79. The molecule has 1 aromatic heterocycles. The summed E-state index contributed by atoms with van der Waals surface area (Å²) in [5.74, 6) is 2.28. The Balaban J connectivity index is 1.57. The fourth-order valence-electron chi connectivity index (χ4n) is 3.81. The topological polar surface area (TPSA) is 67.5 Å². The number of fused-ring (bicyclic) bond motifs is 1. The Labute approximate surface area is 176 Å². The van der Waals surface area contributed by atoms with E-state index in [1.165, 1.54) is 0 Å². The third-order valence-corrected chi connectivity index (χ3v) is 5.24. The van der Waals surface area contributed by atoms with Crippen LogP contribution in [0.25, 0.3) is 11.4 Å². The van der Waals surface area contributed by atoms with E-state index < -0.39 is 0 Å². The van der Waals surface area contributed by atoms with Gasteiger partial charge < -0.3 is 14.5 Å². The third-order valence-electron chi connectivity index (χ3n) is 5.24. The van der Waals surface area contributed by atoms with Gasteiger partial charge in [0.05, 0.1) is 18.9 Å². The molecule has 3 aromatic rings. The number of aromatic amines is 1. The standard InChI is InChI=1S/C24H27N3O3/c1-3-29-19-11-10-18(22(14-19)30-4-2)15-27-13-12-20-21(16-27)25-23(26-24(20)28)17-8-6-5-7-9-17/h5-11,14H,3-4,12-13,15-16H2,1-2H3,(H,25,26,28). The Morgan fingerprint density at radius 2 is 1.87 bits per heavy atom. The van der Waals surface area contributed by atoms with Crippen LogP contribution in [-0.4, -0.2) is 34.6 Å². The summed E-state index contributed by atoms with van der Waals surface area (Å²) in [4.78, 5) is 22.6. The third kappa shape index (κ3) is 4.39. The highest BCUT2D eigenvalue weighted by Crippen LogP contribution is 2.28. The second-order valence-corrected chi connectivity index (χ2v) is 7.30. The molecule has 30 heavy (non-hydrogen) atoms. The Morgan fingerprint density at radius 3 is 2.63 bits per heavy atom. The van der Waals surface area contributed by atoms with Crippen LogP contribution in [-0.2, 0) is 19.5 Å². The first-order valence-electron chi connectivity index (χ1n) is 10.5. The smallest absolute Gasteiger partial charge is 0.254 e. The molecule has 2 heterocycles. The Bertz CT molecular complexity index is 1060. The van der Waals surface area contributed by atoms with Crippen LogP contribution in [0.2, 0.25) is 0 Å². The molecule has 0 saturated carbocycles. The highest BCUT2D eigenvalue weighted by atomic mass is 16.5. The number of benzene rings is 2. The van der Waals surface area contributed by atoms with E-state index in [1.54, 1.807) is 0 Å². The summed E-state index contributed by atoms with van der Waals surface area (Å²) >= 11 is 0. The summed E-state index contributed by atoms with van der Waals surface area (Å²) in [7, 11) is 0. The summed E-state index contributed by atoms with van der Waals surface area (Å²) in [5, 5.41) is 0. The fourth-order valence-corrected chi connectivity index (χ4v) is 3.81. The zero-order valence-corrected chi connectivity index (χ0v) is 17.5. The SMILES string of the molecule is CCOc1ccc(CN2CCc3c(nc(-c4ccccc4)[nH]c3=O)C2)c(OCC)c1. The van der Waals surface area contributed by atoms with Crippen LogP contribution in [0.5, 0.6) is 11.5 Å². The molecule has 4 rings (SSSR count). The van der Waals surface area contributed by atoms with Gasteiger partial charge in [0, 0.05) is 42.4 Å². The van der Waals surface area contributed by atoms with Crippen molar-refractivity contribution in [3.8, 4) is 22.9 Å². The molecule has 0 spiro atoms. The second kappa shape index (κ2) is 9.13. The maximum absolute atomic E-state index is 12.6. The number of aromatic nitrogens is 2. The van der Waals surface area contributed by atoms with E-state index >= 15 is 0 Å². The highest BCUT2D eigenvalue weighted by molar-refractivity contribution is 5.54. The quantitative estimate of drug-likeness (QED) is 0.648. The number of hydrogen-bond acceptors (Lipinski definition) is 5. The summed E-state index contributed by atoms with van der Waals surface area (Å²) in [5.41, 5.74) is 3.64. The molecule has 0 unspecified atom stereocenters. The fraction of sp³-hybridized carbons (Fsp3) is 0.333. The maximum atomic E-state index is 12.6. The molecule has 6 heteroatoms. The number of nitrogens with one attached hydrogen (secondary N) is 1. The van der Waals surface area contributed by atoms with Crippen molar-refractivity contribution in [1.82, 2.24) is 14.9 Å². The largest absolute Gasteiger partial charge is 0.494 e. The van der Waals surface area contributed by atoms with Crippen molar-refractivity contribution in [3.05, 3.63) is 75.7 Å².